The van der Waals surface area contributed by atoms with Gasteiger partial charge in [-0.15, -0.1) is 0 Å². The van der Waals surface area contributed by atoms with Gasteiger partial charge in [-0.25, -0.2) is 24.3 Å². The van der Waals surface area contributed by atoms with Gasteiger partial charge in [0.1, 0.15) is 23.9 Å². The van der Waals surface area contributed by atoms with E-state index >= 15 is 0 Å². The quantitative estimate of drug-likeness (QED) is 0.321. The normalized spacial score (nSPS) is 17.2. The van der Waals surface area contributed by atoms with Crippen LogP contribution in [0.3, 0.4) is 0 Å². The first-order valence-electron chi connectivity index (χ1n) is 13.6. The van der Waals surface area contributed by atoms with Crippen LogP contribution >= 0.6 is 0 Å². The highest BCUT2D eigenvalue weighted by Crippen LogP contribution is 2.22. The highest BCUT2D eigenvalue weighted by Gasteiger charge is 2.15. The zero-order chi connectivity index (χ0) is 28.4. The topological polar surface area (TPSA) is 111 Å². The number of nitrogens with one attached hydrogen (secondary N) is 3. The highest BCUT2D eigenvalue weighted by molar-refractivity contribution is 6.03. The number of aliphatic imine (C=N–C) groups is 1. The monoisotopic (exact) mass is 558 g/mol. The van der Waals surface area contributed by atoms with Crippen molar-refractivity contribution in [3.8, 4) is 17.1 Å². The second-order valence-corrected chi connectivity index (χ2v) is 9.73. The molecular weight excluding hydrogens is 526 g/mol. The smallest absolute Gasteiger partial charge is 0.159 e. The zero-order valence-corrected chi connectivity index (χ0v) is 22.6. The van der Waals surface area contributed by atoms with Gasteiger partial charge in [-0.05, 0) is 36.6 Å². The fourth-order valence-corrected chi connectivity index (χ4v) is 4.65. The molecule has 2 aliphatic heterocycles. The minimum atomic E-state index is -0.668. The predicted molar refractivity (Wildman–Crippen MR) is 153 cm³/mol. The lowest BCUT2D eigenvalue weighted by molar-refractivity contribution is 0.191. The molecule has 0 spiro atoms. The predicted octanol–water partition coefficient (Wildman–Crippen LogP) is 4.94. The number of halogens is 2. The van der Waals surface area contributed by atoms with Crippen LogP contribution in [0.4, 0.5) is 8.78 Å². The van der Waals surface area contributed by atoms with Gasteiger partial charge in [0.15, 0.2) is 17.4 Å². The van der Waals surface area contributed by atoms with Gasteiger partial charge in [0, 0.05) is 55.6 Å². The number of allylic oxidation sites excluding steroid dienone is 2. The van der Waals surface area contributed by atoms with E-state index in [1.807, 2.05) is 36.4 Å². The maximum absolute atomic E-state index is 13.9. The van der Waals surface area contributed by atoms with Crippen molar-refractivity contribution in [3.63, 3.8) is 0 Å². The summed E-state index contributed by atoms with van der Waals surface area (Å²) in [5.41, 5.74) is 10.6. The third kappa shape index (κ3) is 7.86. The molecule has 9 nitrogen and oxygen atoms in total. The molecule has 0 saturated carbocycles. The Bertz CT molecular complexity index is 1430. The van der Waals surface area contributed by atoms with Crippen LogP contribution in [0.25, 0.3) is 17.1 Å². The van der Waals surface area contributed by atoms with Crippen molar-refractivity contribution in [1.29, 1.82) is 5.53 Å². The molecule has 41 heavy (non-hydrogen) atoms. The van der Waals surface area contributed by atoms with Crippen LogP contribution < -0.4 is 15.4 Å². The van der Waals surface area contributed by atoms with Crippen molar-refractivity contribution < 1.29 is 13.5 Å². The van der Waals surface area contributed by atoms with Crippen molar-refractivity contribution in [2.24, 2.45) is 10.1 Å². The van der Waals surface area contributed by atoms with Crippen molar-refractivity contribution in [2.75, 3.05) is 39.3 Å². The summed E-state index contributed by atoms with van der Waals surface area (Å²) in [6.07, 6.45) is 8.27. The van der Waals surface area contributed by atoms with E-state index in [2.05, 4.69) is 35.6 Å². The molecule has 3 N–H and O–H groups in total. The van der Waals surface area contributed by atoms with Crippen molar-refractivity contribution in [3.05, 3.63) is 95.5 Å². The molecule has 1 fully saturated rings. The van der Waals surface area contributed by atoms with Crippen molar-refractivity contribution >= 4 is 11.5 Å². The van der Waals surface area contributed by atoms with E-state index in [1.165, 1.54) is 12.1 Å². The number of nitrogens with zero attached hydrogens (tertiary/aromatic N) is 5. The molecular formula is C30H32F2N8O. The van der Waals surface area contributed by atoms with Gasteiger partial charge in [0.2, 0.25) is 0 Å². The molecule has 0 aliphatic carbocycles. The van der Waals surface area contributed by atoms with Gasteiger partial charge < -0.3 is 15.4 Å². The van der Waals surface area contributed by atoms with Crippen LogP contribution in [0.1, 0.15) is 24.0 Å². The fourth-order valence-electron chi connectivity index (χ4n) is 4.65. The second kappa shape index (κ2) is 13.8. The highest BCUT2D eigenvalue weighted by atomic mass is 19.1. The maximum Gasteiger partial charge on any atom is 0.159 e. The van der Waals surface area contributed by atoms with E-state index < -0.39 is 11.6 Å². The summed E-state index contributed by atoms with van der Waals surface area (Å²) in [6, 6.07) is 11.1. The first kappa shape index (κ1) is 28.2. The Morgan fingerprint density at radius 1 is 0.951 bits per heavy atom. The zero-order valence-electron chi connectivity index (χ0n) is 22.6. The van der Waals surface area contributed by atoms with Gasteiger partial charge in [0.25, 0.3) is 0 Å². The van der Waals surface area contributed by atoms with Crippen LogP contribution in [0.15, 0.2) is 82.8 Å². The Morgan fingerprint density at radius 2 is 1.71 bits per heavy atom. The summed E-state index contributed by atoms with van der Waals surface area (Å²) >= 11 is 0. The van der Waals surface area contributed by atoms with Crippen LogP contribution in [0.2, 0.25) is 0 Å². The molecule has 0 radical (unpaired) electrons. The van der Waals surface area contributed by atoms with E-state index in [4.69, 9.17) is 10.3 Å². The van der Waals surface area contributed by atoms with Crippen LogP contribution in [0.5, 0.6) is 5.75 Å². The number of aromatic nitrogens is 2. The molecule has 3 heterocycles. The fraction of sp³-hybridized carbons (Fsp3) is 0.300. The molecule has 3 aromatic rings. The Morgan fingerprint density at radius 3 is 2.46 bits per heavy atom. The van der Waals surface area contributed by atoms with E-state index in [0.717, 1.165) is 49.9 Å². The average Bonchev–Trinajstić information content (AvgIpc) is 2.97. The average molecular weight is 559 g/mol. The van der Waals surface area contributed by atoms with Gasteiger partial charge in [0.05, 0.1) is 18.9 Å². The summed E-state index contributed by atoms with van der Waals surface area (Å²) in [7, 11) is 0. The molecule has 1 aromatic heterocycles. The van der Waals surface area contributed by atoms with Gasteiger partial charge >= 0.3 is 0 Å². The summed E-state index contributed by atoms with van der Waals surface area (Å²) in [5, 5.41) is 10.1. The SMILES string of the molecule is N=NC1=CCCC=C(c2cc(F)cc(F)c2)NC1=NCc1cccc(-c2ncc(OCCN3CCNCC3)cn2)c1. The Balaban J connectivity index is 1.26. The second-order valence-electron chi connectivity index (χ2n) is 9.73. The summed E-state index contributed by atoms with van der Waals surface area (Å²) in [4.78, 5) is 16.0. The molecule has 0 unspecified atom stereocenters. The van der Waals surface area contributed by atoms with Crippen molar-refractivity contribution in [1.82, 2.24) is 25.5 Å². The minimum absolute atomic E-state index is 0.279. The Kier molecular flexibility index (Phi) is 9.50. The molecule has 11 heteroatoms. The lowest BCUT2D eigenvalue weighted by atomic mass is 10.1. The summed E-state index contributed by atoms with van der Waals surface area (Å²) in [6.45, 7) is 5.79. The summed E-state index contributed by atoms with van der Waals surface area (Å²) < 4.78 is 33.6. The maximum atomic E-state index is 13.9. The number of hydrogen-bond donors (Lipinski definition) is 3. The number of rotatable bonds is 9. The van der Waals surface area contributed by atoms with E-state index in [9.17, 15) is 8.78 Å². The minimum Gasteiger partial charge on any atom is -0.489 e. The first-order valence-corrected chi connectivity index (χ1v) is 13.6. The van der Waals surface area contributed by atoms with Crippen LogP contribution in [-0.4, -0.2) is 60.0 Å². The number of hydrogen-bond acceptors (Lipinski definition) is 8. The first-order chi connectivity index (χ1) is 20.1. The lowest BCUT2D eigenvalue weighted by Crippen LogP contribution is -2.44. The molecule has 2 aliphatic rings. The third-order valence-corrected chi connectivity index (χ3v) is 6.76. The molecule has 0 bridgehead atoms. The molecule has 1 saturated heterocycles. The molecule has 0 atom stereocenters. The van der Waals surface area contributed by atoms with Gasteiger partial charge in [-0.1, -0.05) is 30.4 Å². The molecule has 5 rings (SSSR count). The van der Waals surface area contributed by atoms with E-state index in [1.54, 1.807) is 12.4 Å². The molecule has 2 aromatic carbocycles. The Hall–Kier alpha value is -4.35. The number of piperazine rings is 1. The number of ether oxygens (including phenoxy) is 1. The van der Waals surface area contributed by atoms with Crippen LogP contribution in [0, 0.1) is 17.2 Å². The van der Waals surface area contributed by atoms with Crippen molar-refractivity contribution in [2.45, 2.75) is 19.4 Å². The lowest BCUT2D eigenvalue weighted by Gasteiger charge is -2.26. The molecule has 0 amide bonds. The van der Waals surface area contributed by atoms with Gasteiger partial charge in [-0.2, -0.15) is 5.11 Å². The standard InChI is InChI=1S/C30H32F2N8O/c31-24-15-23(16-25(32)17-24)27-6-1-2-7-28(39-33)30(38-27)35-18-21-4-3-5-22(14-21)29-36-19-26(20-37-29)41-13-12-40-10-8-34-9-11-40/h3-7,14-17,19-20,33-34H,1-2,8-13,18H2,(H,35,38). The van der Waals surface area contributed by atoms with Gasteiger partial charge in [-0.3, -0.25) is 9.89 Å². The Labute approximate surface area is 237 Å². The summed E-state index contributed by atoms with van der Waals surface area (Å²) in [5.74, 6) is 0.205. The number of benzene rings is 2. The molecule has 212 valence electrons. The number of amidine groups is 1. The largest absolute Gasteiger partial charge is 0.489 e. The van der Waals surface area contributed by atoms with Crippen LogP contribution in [-0.2, 0) is 6.54 Å². The van der Waals surface area contributed by atoms with E-state index in [0.29, 0.717) is 53.8 Å². The third-order valence-electron chi connectivity index (χ3n) is 6.76. The van der Waals surface area contributed by atoms with E-state index in [-0.39, 0.29) is 6.54 Å².